The number of nitrogens with one attached hydrogen (secondary N) is 2. The highest BCUT2D eigenvalue weighted by molar-refractivity contribution is 5.93. The van der Waals surface area contributed by atoms with Crippen molar-refractivity contribution in [2.24, 2.45) is 0 Å². The molecule has 0 bridgehead atoms. The normalized spacial score (nSPS) is 10.3. The maximum absolute atomic E-state index is 11.9. The van der Waals surface area contributed by atoms with Crippen LogP contribution in [0.2, 0.25) is 0 Å². The maximum Gasteiger partial charge on any atom is 0.306 e. The number of esters is 1. The number of carbonyl (C=O) groups excluding carboxylic acids is 3. The zero-order valence-corrected chi connectivity index (χ0v) is 16.5. The zero-order valence-electron chi connectivity index (χ0n) is 16.5. The van der Waals surface area contributed by atoms with E-state index >= 15 is 0 Å². The summed E-state index contributed by atoms with van der Waals surface area (Å²) >= 11 is 0. The zero-order chi connectivity index (χ0) is 21.3. The standard InChI is InChI=1S/C23H22N2O5/c1-16(26)24-18-7-9-19(10-8-18)25-22(27)15-29-23(28)14-12-20-11-13-21(30-20)17-5-3-2-4-6-17/h2-11,13H,12,14-15H2,1H3,(H,24,26)(H,25,27). The van der Waals surface area contributed by atoms with E-state index in [-0.39, 0.29) is 18.9 Å². The van der Waals surface area contributed by atoms with Gasteiger partial charge in [0.15, 0.2) is 6.61 Å². The highest BCUT2D eigenvalue weighted by Gasteiger charge is 2.11. The van der Waals surface area contributed by atoms with Crippen LogP contribution in [0.5, 0.6) is 0 Å². The van der Waals surface area contributed by atoms with E-state index in [1.54, 1.807) is 24.3 Å². The summed E-state index contributed by atoms with van der Waals surface area (Å²) in [6, 6.07) is 20.0. The summed E-state index contributed by atoms with van der Waals surface area (Å²) < 4.78 is 10.8. The number of amides is 2. The molecule has 0 saturated heterocycles. The van der Waals surface area contributed by atoms with E-state index in [2.05, 4.69) is 10.6 Å². The molecule has 0 fully saturated rings. The molecule has 7 heteroatoms. The Bertz CT molecular complexity index is 1010. The van der Waals surface area contributed by atoms with Crippen LogP contribution in [-0.2, 0) is 25.5 Å². The first kappa shape index (κ1) is 20.9. The molecule has 0 aliphatic heterocycles. The van der Waals surface area contributed by atoms with E-state index < -0.39 is 11.9 Å². The molecule has 154 valence electrons. The van der Waals surface area contributed by atoms with E-state index in [1.807, 2.05) is 42.5 Å². The number of furan rings is 1. The topological polar surface area (TPSA) is 97.6 Å². The minimum atomic E-state index is -0.483. The van der Waals surface area contributed by atoms with Gasteiger partial charge in [0.1, 0.15) is 11.5 Å². The lowest BCUT2D eigenvalue weighted by Gasteiger charge is -2.07. The summed E-state index contributed by atoms with van der Waals surface area (Å²) in [4.78, 5) is 34.9. The molecule has 1 heterocycles. The summed E-state index contributed by atoms with van der Waals surface area (Å²) in [6.45, 7) is 1.04. The molecule has 0 spiro atoms. The Balaban J connectivity index is 1.40. The number of ether oxygens (including phenoxy) is 1. The third-order valence-corrected chi connectivity index (χ3v) is 4.15. The second-order valence-electron chi connectivity index (χ2n) is 6.60. The van der Waals surface area contributed by atoms with E-state index in [9.17, 15) is 14.4 Å². The minimum absolute atomic E-state index is 0.112. The molecule has 2 N–H and O–H groups in total. The van der Waals surface area contributed by atoms with Crippen molar-refractivity contribution in [1.82, 2.24) is 0 Å². The fraction of sp³-hybridized carbons (Fsp3) is 0.174. The van der Waals surface area contributed by atoms with Gasteiger partial charge in [0.25, 0.3) is 5.91 Å². The van der Waals surface area contributed by atoms with Gasteiger partial charge in [-0.05, 0) is 36.4 Å². The maximum atomic E-state index is 11.9. The summed E-state index contributed by atoms with van der Waals surface area (Å²) in [7, 11) is 0. The molecule has 2 aromatic carbocycles. The smallest absolute Gasteiger partial charge is 0.306 e. The van der Waals surface area contributed by atoms with Crippen molar-refractivity contribution in [3.63, 3.8) is 0 Å². The highest BCUT2D eigenvalue weighted by atomic mass is 16.5. The Labute approximate surface area is 174 Å². The van der Waals surface area contributed by atoms with E-state index in [4.69, 9.17) is 9.15 Å². The van der Waals surface area contributed by atoms with Gasteiger partial charge in [0.2, 0.25) is 5.91 Å². The Morgan fingerprint density at radius 2 is 1.53 bits per heavy atom. The number of benzene rings is 2. The molecular formula is C23H22N2O5. The lowest BCUT2D eigenvalue weighted by atomic mass is 10.2. The number of hydrogen-bond acceptors (Lipinski definition) is 5. The summed E-state index contributed by atoms with van der Waals surface area (Å²) in [6.07, 6.45) is 0.498. The van der Waals surface area contributed by atoms with Crippen LogP contribution >= 0.6 is 0 Å². The van der Waals surface area contributed by atoms with Gasteiger partial charge in [0, 0.05) is 30.3 Å². The fourth-order valence-electron chi connectivity index (χ4n) is 2.75. The summed E-state index contributed by atoms with van der Waals surface area (Å²) in [5.74, 6) is 0.311. The van der Waals surface area contributed by atoms with E-state index in [0.717, 1.165) is 11.3 Å². The number of carbonyl (C=O) groups is 3. The first-order valence-electron chi connectivity index (χ1n) is 9.47. The van der Waals surface area contributed by atoms with Gasteiger partial charge in [-0.1, -0.05) is 30.3 Å². The van der Waals surface area contributed by atoms with E-state index in [0.29, 0.717) is 23.6 Å². The lowest BCUT2D eigenvalue weighted by Crippen LogP contribution is -2.21. The Morgan fingerprint density at radius 3 is 2.20 bits per heavy atom. The van der Waals surface area contributed by atoms with Crippen LogP contribution in [0.25, 0.3) is 11.3 Å². The van der Waals surface area contributed by atoms with Crippen LogP contribution in [-0.4, -0.2) is 24.4 Å². The van der Waals surface area contributed by atoms with Crippen molar-refractivity contribution in [1.29, 1.82) is 0 Å². The van der Waals surface area contributed by atoms with Crippen molar-refractivity contribution in [3.8, 4) is 11.3 Å². The molecule has 3 rings (SSSR count). The van der Waals surface area contributed by atoms with Gasteiger partial charge in [0.05, 0.1) is 6.42 Å². The quantitative estimate of drug-likeness (QED) is 0.551. The van der Waals surface area contributed by atoms with Crippen molar-refractivity contribution in [2.75, 3.05) is 17.2 Å². The molecule has 0 aliphatic carbocycles. The van der Waals surface area contributed by atoms with Gasteiger partial charge in [-0.3, -0.25) is 14.4 Å². The van der Waals surface area contributed by atoms with E-state index in [1.165, 1.54) is 6.92 Å². The molecule has 0 atom stereocenters. The fourth-order valence-corrected chi connectivity index (χ4v) is 2.75. The second kappa shape index (κ2) is 10.1. The van der Waals surface area contributed by atoms with Crippen LogP contribution in [0.3, 0.4) is 0 Å². The minimum Gasteiger partial charge on any atom is -0.461 e. The number of hydrogen-bond donors (Lipinski definition) is 2. The number of rotatable bonds is 8. The largest absolute Gasteiger partial charge is 0.461 e. The van der Waals surface area contributed by atoms with Crippen LogP contribution < -0.4 is 10.6 Å². The van der Waals surface area contributed by atoms with Crippen molar-refractivity contribution < 1.29 is 23.5 Å². The SMILES string of the molecule is CC(=O)Nc1ccc(NC(=O)COC(=O)CCc2ccc(-c3ccccc3)o2)cc1. The highest BCUT2D eigenvalue weighted by Crippen LogP contribution is 2.22. The predicted octanol–water partition coefficient (Wildman–Crippen LogP) is 4.02. The lowest BCUT2D eigenvalue weighted by molar-refractivity contribution is -0.147. The molecule has 0 radical (unpaired) electrons. The molecular weight excluding hydrogens is 384 g/mol. The molecule has 0 saturated carbocycles. The molecule has 0 aliphatic rings. The van der Waals surface area contributed by atoms with Crippen LogP contribution in [0.4, 0.5) is 11.4 Å². The van der Waals surface area contributed by atoms with Gasteiger partial charge in [-0.25, -0.2) is 0 Å². The number of aryl methyl sites for hydroxylation is 1. The third kappa shape index (κ3) is 6.34. The average Bonchev–Trinajstić information content (AvgIpc) is 3.22. The third-order valence-electron chi connectivity index (χ3n) is 4.15. The van der Waals surface area contributed by atoms with Gasteiger partial charge in [-0.2, -0.15) is 0 Å². The summed E-state index contributed by atoms with van der Waals surface area (Å²) in [5, 5.41) is 5.26. The van der Waals surface area contributed by atoms with Gasteiger partial charge in [-0.15, -0.1) is 0 Å². The van der Waals surface area contributed by atoms with Crippen LogP contribution in [0.1, 0.15) is 19.1 Å². The molecule has 1 aromatic heterocycles. The molecule has 30 heavy (non-hydrogen) atoms. The Hall–Kier alpha value is -3.87. The molecule has 7 nitrogen and oxygen atoms in total. The first-order chi connectivity index (χ1) is 14.5. The summed E-state index contributed by atoms with van der Waals surface area (Å²) in [5.41, 5.74) is 2.13. The second-order valence-corrected chi connectivity index (χ2v) is 6.60. The molecule has 3 aromatic rings. The van der Waals surface area contributed by atoms with Crippen molar-refractivity contribution in [2.45, 2.75) is 19.8 Å². The van der Waals surface area contributed by atoms with Gasteiger partial charge >= 0.3 is 5.97 Å². The Morgan fingerprint density at radius 1 is 0.867 bits per heavy atom. The van der Waals surface area contributed by atoms with Crippen molar-refractivity contribution in [3.05, 3.63) is 72.5 Å². The monoisotopic (exact) mass is 406 g/mol. The predicted molar refractivity (Wildman–Crippen MR) is 113 cm³/mol. The Kier molecular flexibility index (Phi) is 7.00. The average molecular weight is 406 g/mol. The van der Waals surface area contributed by atoms with Crippen LogP contribution in [0.15, 0.2) is 71.1 Å². The number of anilines is 2. The van der Waals surface area contributed by atoms with Crippen molar-refractivity contribution >= 4 is 29.2 Å². The van der Waals surface area contributed by atoms with Crippen LogP contribution in [0, 0.1) is 0 Å². The molecule has 0 unspecified atom stereocenters. The molecule has 2 amide bonds. The van der Waals surface area contributed by atoms with Gasteiger partial charge < -0.3 is 19.8 Å². The first-order valence-corrected chi connectivity index (χ1v) is 9.47.